The molecule has 0 aliphatic carbocycles. The summed E-state index contributed by atoms with van der Waals surface area (Å²) in [6, 6.07) is 5.10. The number of nitrogens with one attached hydrogen (secondary N) is 1. The van der Waals surface area contributed by atoms with Crippen molar-refractivity contribution in [3.8, 4) is 6.07 Å². The third-order valence-corrected chi connectivity index (χ3v) is 5.92. The Morgan fingerprint density at radius 1 is 1.45 bits per heavy atom. The number of piperidine rings is 1. The van der Waals surface area contributed by atoms with E-state index in [4.69, 9.17) is 5.26 Å². The van der Waals surface area contributed by atoms with Gasteiger partial charge in [-0.2, -0.15) is 9.57 Å². The number of aromatic nitrogens is 1. The molecule has 0 spiro atoms. The predicted molar refractivity (Wildman–Crippen MR) is 72.2 cm³/mol. The molecule has 2 fully saturated rings. The van der Waals surface area contributed by atoms with E-state index in [2.05, 4.69) is 10.3 Å². The number of fused-ring (bicyclic) bond motifs is 1. The maximum absolute atomic E-state index is 12.7. The molecule has 0 radical (unpaired) electrons. The van der Waals surface area contributed by atoms with E-state index in [1.165, 1.54) is 16.6 Å². The van der Waals surface area contributed by atoms with Gasteiger partial charge in [0.15, 0.2) is 5.69 Å². The molecule has 2 aliphatic rings. The fraction of sp³-hybridized carbons (Fsp3) is 0.538. The summed E-state index contributed by atoms with van der Waals surface area (Å²) >= 11 is 0. The third kappa shape index (κ3) is 2.20. The number of sulfonamides is 1. The molecule has 3 rings (SSSR count). The molecule has 1 N–H and O–H groups in total. The summed E-state index contributed by atoms with van der Waals surface area (Å²) in [6.45, 7) is 1.96. The lowest BCUT2D eigenvalue weighted by Crippen LogP contribution is -2.41. The van der Waals surface area contributed by atoms with Crippen molar-refractivity contribution in [3.05, 3.63) is 24.0 Å². The van der Waals surface area contributed by atoms with Gasteiger partial charge in [-0.25, -0.2) is 13.4 Å². The first-order chi connectivity index (χ1) is 9.63. The standard InChI is InChI=1S/C13H16N4O2S/c14-7-11-13(4-2-6-15-11)20(18,19)17-8-10-3-1-5-16-12(10)9-17/h2,4,6,10,12,16H,1,3,5,8-9H2. The highest BCUT2D eigenvalue weighted by Crippen LogP contribution is 2.29. The van der Waals surface area contributed by atoms with Crippen molar-refractivity contribution >= 4 is 10.0 Å². The van der Waals surface area contributed by atoms with Gasteiger partial charge in [0.05, 0.1) is 0 Å². The summed E-state index contributed by atoms with van der Waals surface area (Å²) in [5.74, 6) is 0.376. The van der Waals surface area contributed by atoms with Gasteiger partial charge in [0.2, 0.25) is 10.0 Å². The molecule has 2 saturated heterocycles. The molecule has 0 bridgehead atoms. The molecule has 1 aromatic heterocycles. The average Bonchev–Trinajstić information content (AvgIpc) is 2.92. The van der Waals surface area contributed by atoms with Crippen LogP contribution in [0.2, 0.25) is 0 Å². The zero-order valence-corrected chi connectivity index (χ0v) is 11.8. The first-order valence-electron chi connectivity index (χ1n) is 6.71. The summed E-state index contributed by atoms with van der Waals surface area (Å²) in [7, 11) is -3.63. The minimum atomic E-state index is -3.63. The monoisotopic (exact) mass is 292 g/mol. The Hall–Kier alpha value is -1.49. The van der Waals surface area contributed by atoms with Crippen LogP contribution in [0.4, 0.5) is 0 Å². The van der Waals surface area contributed by atoms with E-state index in [0.29, 0.717) is 19.0 Å². The first kappa shape index (κ1) is 13.5. The van der Waals surface area contributed by atoms with Crippen molar-refractivity contribution in [3.63, 3.8) is 0 Å². The molecule has 20 heavy (non-hydrogen) atoms. The molecule has 0 saturated carbocycles. The van der Waals surface area contributed by atoms with Gasteiger partial charge in [-0.15, -0.1) is 0 Å². The lowest BCUT2D eigenvalue weighted by molar-refractivity contribution is 0.339. The van der Waals surface area contributed by atoms with Crippen molar-refractivity contribution in [2.75, 3.05) is 19.6 Å². The lowest BCUT2D eigenvalue weighted by Gasteiger charge is -2.24. The van der Waals surface area contributed by atoms with Crippen molar-refractivity contribution in [2.45, 2.75) is 23.8 Å². The number of nitriles is 1. The maximum atomic E-state index is 12.7. The fourth-order valence-electron chi connectivity index (χ4n) is 3.03. The second-order valence-corrected chi connectivity index (χ2v) is 7.15. The predicted octanol–water partition coefficient (Wildman–Crippen LogP) is 0.326. The van der Waals surface area contributed by atoms with Gasteiger partial charge < -0.3 is 5.32 Å². The zero-order chi connectivity index (χ0) is 14.2. The summed E-state index contributed by atoms with van der Waals surface area (Å²) in [5, 5.41) is 12.4. The van der Waals surface area contributed by atoms with Crippen molar-refractivity contribution < 1.29 is 8.42 Å². The van der Waals surface area contributed by atoms with Gasteiger partial charge in [-0.3, -0.25) is 0 Å². The van der Waals surface area contributed by atoms with E-state index in [0.717, 1.165) is 19.4 Å². The van der Waals surface area contributed by atoms with Gasteiger partial charge >= 0.3 is 0 Å². The molecule has 106 valence electrons. The third-order valence-electron chi connectivity index (χ3n) is 4.06. The highest BCUT2D eigenvalue weighted by atomic mass is 32.2. The number of pyridine rings is 1. The van der Waals surface area contributed by atoms with Crippen molar-refractivity contribution in [1.82, 2.24) is 14.6 Å². The number of hydrogen-bond donors (Lipinski definition) is 1. The molecule has 0 aromatic carbocycles. The second kappa shape index (κ2) is 5.13. The number of hydrogen-bond acceptors (Lipinski definition) is 5. The molecular weight excluding hydrogens is 276 g/mol. The van der Waals surface area contributed by atoms with Gasteiger partial charge in [0, 0.05) is 25.3 Å². The van der Waals surface area contributed by atoms with Crippen LogP contribution in [0.25, 0.3) is 0 Å². The Morgan fingerprint density at radius 3 is 3.05 bits per heavy atom. The van der Waals surface area contributed by atoms with E-state index < -0.39 is 10.0 Å². The molecule has 2 aliphatic heterocycles. The van der Waals surface area contributed by atoms with Crippen molar-refractivity contribution in [1.29, 1.82) is 5.26 Å². The first-order valence-corrected chi connectivity index (χ1v) is 8.15. The van der Waals surface area contributed by atoms with Crippen LogP contribution in [0.3, 0.4) is 0 Å². The van der Waals surface area contributed by atoms with Gasteiger partial charge in [-0.1, -0.05) is 0 Å². The molecule has 2 unspecified atom stereocenters. The van der Waals surface area contributed by atoms with Crippen LogP contribution in [0.15, 0.2) is 23.2 Å². The van der Waals surface area contributed by atoms with E-state index in [9.17, 15) is 8.42 Å². The van der Waals surface area contributed by atoms with E-state index in [1.54, 1.807) is 6.07 Å². The van der Waals surface area contributed by atoms with Crippen LogP contribution in [0, 0.1) is 17.2 Å². The van der Waals surface area contributed by atoms with Crippen LogP contribution in [-0.4, -0.2) is 43.4 Å². The van der Waals surface area contributed by atoms with E-state index in [-0.39, 0.29) is 16.6 Å². The van der Waals surface area contributed by atoms with Crippen LogP contribution in [-0.2, 0) is 10.0 Å². The highest BCUT2D eigenvalue weighted by Gasteiger charge is 2.40. The SMILES string of the molecule is N#Cc1ncccc1S(=O)(=O)N1CC2CCCNC2C1. The molecule has 0 amide bonds. The summed E-state index contributed by atoms with van der Waals surface area (Å²) in [4.78, 5) is 3.86. The van der Waals surface area contributed by atoms with Crippen LogP contribution in [0.5, 0.6) is 0 Å². The summed E-state index contributed by atoms with van der Waals surface area (Å²) < 4.78 is 26.8. The summed E-state index contributed by atoms with van der Waals surface area (Å²) in [5.41, 5.74) is -0.0321. The Kier molecular flexibility index (Phi) is 3.46. The molecule has 2 atom stereocenters. The minimum Gasteiger partial charge on any atom is -0.312 e. The topological polar surface area (TPSA) is 86.1 Å². The number of nitrogens with zero attached hydrogens (tertiary/aromatic N) is 3. The molecular formula is C13H16N4O2S. The van der Waals surface area contributed by atoms with Crippen LogP contribution in [0.1, 0.15) is 18.5 Å². The Bertz CT molecular complexity index is 639. The fourth-order valence-corrected chi connectivity index (χ4v) is 4.64. The Labute approximate surface area is 118 Å². The van der Waals surface area contributed by atoms with Gasteiger partial charge in [-0.05, 0) is 37.4 Å². The smallest absolute Gasteiger partial charge is 0.246 e. The zero-order valence-electron chi connectivity index (χ0n) is 11.0. The average molecular weight is 292 g/mol. The highest BCUT2D eigenvalue weighted by molar-refractivity contribution is 7.89. The largest absolute Gasteiger partial charge is 0.312 e. The second-order valence-electron chi connectivity index (χ2n) is 5.25. The molecule has 3 heterocycles. The molecule has 1 aromatic rings. The van der Waals surface area contributed by atoms with Crippen LogP contribution < -0.4 is 5.32 Å². The molecule has 7 heteroatoms. The van der Waals surface area contributed by atoms with Crippen LogP contribution >= 0.6 is 0 Å². The maximum Gasteiger partial charge on any atom is 0.246 e. The van der Waals surface area contributed by atoms with E-state index >= 15 is 0 Å². The lowest BCUT2D eigenvalue weighted by atomic mass is 9.94. The van der Waals surface area contributed by atoms with E-state index in [1.807, 2.05) is 6.07 Å². The van der Waals surface area contributed by atoms with Gasteiger partial charge in [0.1, 0.15) is 11.0 Å². The minimum absolute atomic E-state index is 0.0150. The number of rotatable bonds is 2. The quantitative estimate of drug-likeness (QED) is 0.848. The normalized spacial score (nSPS) is 26.9. The van der Waals surface area contributed by atoms with Crippen molar-refractivity contribution in [2.24, 2.45) is 5.92 Å². The molecule has 6 nitrogen and oxygen atoms in total. The van der Waals surface area contributed by atoms with Gasteiger partial charge in [0.25, 0.3) is 0 Å². The Balaban J connectivity index is 1.91. The Morgan fingerprint density at radius 2 is 2.30 bits per heavy atom. The summed E-state index contributed by atoms with van der Waals surface area (Å²) in [6.07, 6.45) is 3.58.